The quantitative estimate of drug-likeness (QED) is 0.694. The van der Waals surface area contributed by atoms with Gasteiger partial charge in [0, 0.05) is 5.56 Å². The van der Waals surface area contributed by atoms with Gasteiger partial charge in [-0.15, -0.1) is 0 Å². The molecule has 0 aliphatic carbocycles. The maximum Gasteiger partial charge on any atom is 0.227 e. The van der Waals surface area contributed by atoms with Gasteiger partial charge in [-0.25, -0.2) is 13.4 Å². The average Bonchev–Trinajstić information content (AvgIpc) is 3.12. The first-order chi connectivity index (χ1) is 12.0. The number of rotatable bonds is 5. The van der Waals surface area contributed by atoms with Crippen molar-refractivity contribution in [2.24, 2.45) is 0 Å². The van der Waals surface area contributed by atoms with E-state index in [0.717, 1.165) is 12.0 Å². The van der Waals surface area contributed by atoms with Crippen LogP contribution < -0.4 is 9.47 Å². The molecule has 0 unspecified atom stereocenters. The monoisotopic (exact) mass is 359 g/mol. The van der Waals surface area contributed by atoms with Gasteiger partial charge < -0.3 is 13.9 Å². The average molecular weight is 359 g/mol. The number of oxazole rings is 1. The fraction of sp³-hybridized carbons (Fsp3) is 0.167. The molecule has 0 aliphatic heterocycles. The van der Waals surface area contributed by atoms with Crippen LogP contribution in [-0.4, -0.2) is 27.6 Å². The van der Waals surface area contributed by atoms with Crippen molar-refractivity contribution in [1.82, 2.24) is 4.98 Å². The van der Waals surface area contributed by atoms with Crippen LogP contribution in [0.5, 0.6) is 11.5 Å². The van der Waals surface area contributed by atoms with Gasteiger partial charge in [-0.3, -0.25) is 0 Å². The predicted octanol–water partition coefficient (Wildman–Crippen LogP) is 3.50. The Balaban J connectivity index is 2.11. The molecule has 0 saturated heterocycles. The van der Waals surface area contributed by atoms with Crippen LogP contribution in [0.15, 0.2) is 63.2 Å². The van der Waals surface area contributed by atoms with Crippen LogP contribution in [-0.2, 0) is 9.84 Å². The number of methoxy groups -OCH3 is 2. The van der Waals surface area contributed by atoms with Gasteiger partial charge in [0.1, 0.15) is 0 Å². The third kappa shape index (κ3) is 3.10. The summed E-state index contributed by atoms with van der Waals surface area (Å²) >= 11 is 0. The Kier molecular flexibility index (Phi) is 4.50. The molecule has 25 heavy (non-hydrogen) atoms. The van der Waals surface area contributed by atoms with Gasteiger partial charge in [0.2, 0.25) is 14.9 Å². The molecule has 2 aromatic carbocycles. The van der Waals surface area contributed by atoms with Crippen molar-refractivity contribution in [1.29, 1.82) is 0 Å². The van der Waals surface area contributed by atoms with Gasteiger partial charge in [-0.1, -0.05) is 17.7 Å². The molecule has 0 aliphatic rings. The minimum atomic E-state index is -3.80. The molecule has 7 heteroatoms. The van der Waals surface area contributed by atoms with E-state index in [0.29, 0.717) is 17.1 Å². The second kappa shape index (κ2) is 6.60. The second-order valence-electron chi connectivity index (χ2n) is 5.37. The number of aryl methyl sites for hydroxylation is 1. The zero-order valence-corrected chi connectivity index (χ0v) is 14.8. The van der Waals surface area contributed by atoms with Gasteiger partial charge in [-0.2, -0.15) is 0 Å². The molecule has 0 spiro atoms. The maximum absolute atomic E-state index is 12.9. The van der Waals surface area contributed by atoms with Gasteiger partial charge in [0.15, 0.2) is 23.7 Å². The molecule has 0 bridgehead atoms. The Labute approximate surface area is 146 Å². The van der Waals surface area contributed by atoms with Crippen LogP contribution in [0.4, 0.5) is 0 Å². The minimum Gasteiger partial charge on any atom is -0.493 e. The molecule has 0 saturated carbocycles. The lowest BCUT2D eigenvalue weighted by Gasteiger charge is -2.09. The molecule has 0 radical (unpaired) electrons. The first-order valence-electron chi connectivity index (χ1n) is 7.45. The Morgan fingerprint density at radius 3 is 2.28 bits per heavy atom. The van der Waals surface area contributed by atoms with Gasteiger partial charge in [0.25, 0.3) is 0 Å². The number of ether oxygens (including phenoxy) is 2. The standard InChI is InChI=1S/C18H17NO5S/c1-12-4-7-14(8-5-12)25(20,21)18-17(24-11-19-18)13-6-9-15(22-2)16(10-13)23-3/h4-11H,1-3H3. The zero-order valence-electron chi connectivity index (χ0n) is 14.0. The number of sulfone groups is 1. The molecule has 3 aromatic rings. The summed E-state index contributed by atoms with van der Waals surface area (Å²) in [5, 5.41) is -0.136. The highest BCUT2D eigenvalue weighted by atomic mass is 32.2. The van der Waals surface area contributed by atoms with Crippen LogP contribution >= 0.6 is 0 Å². The number of benzene rings is 2. The summed E-state index contributed by atoms with van der Waals surface area (Å²) in [7, 11) is -0.770. The molecule has 130 valence electrons. The fourth-order valence-corrected chi connectivity index (χ4v) is 3.73. The smallest absolute Gasteiger partial charge is 0.227 e. The van der Waals surface area contributed by atoms with Crippen LogP contribution in [0, 0.1) is 6.92 Å². The SMILES string of the molecule is COc1ccc(-c2ocnc2S(=O)(=O)c2ccc(C)cc2)cc1OC. The predicted molar refractivity (Wildman–Crippen MR) is 91.7 cm³/mol. The molecule has 1 heterocycles. The molecule has 6 nitrogen and oxygen atoms in total. The zero-order chi connectivity index (χ0) is 18.0. The van der Waals surface area contributed by atoms with E-state index in [1.165, 1.54) is 14.2 Å². The molecule has 0 atom stereocenters. The number of hydrogen-bond acceptors (Lipinski definition) is 6. The number of nitrogens with zero attached hydrogens (tertiary/aromatic N) is 1. The lowest BCUT2D eigenvalue weighted by Crippen LogP contribution is -2.04. The van der Waals surface area contributed by atoms with Crippen LogP contribution in [0.25, 0.3) is 11.3 Å². The summed E-state index contributed by atoms with van der Waals surface area (Å²) in [5.41, 5.74) is 1.50. The van der Waals surface area contributed by atoms with E-state index in [-0.39, 0.29) is 15.7 Å². The summed E-state index contributed by atoms with van der Waals surface area (Å²) in [6.07, 6.45) is 1.12. The van der Waals surface area contributed by atoms with Crippen LogP contribution in [0.1, 0.15) is 5.56 Å². The van der Waals surface area contributed by atoms with Gasteiger partial charge >= 0.3 is 0 Å². The third-order valence-electron chi connectivity index (χ3n) is 3.77. The van der Waals surface area contributed by atoms with Crippen molar-refractivity contribution in [2.75, 3.05) is 14.2 Å². The fourth-order valence-electron chi connectivity index (χ4n) is 2.43. The maximum atomic E-state index is 12.9. The molecular formula is C18H17NO5S. The molecule has 0 N–H and O–H groups in total. The van der Waals surface area contributed by atoms with E-state index >= 15 is 0 Å². The summed E-state index contributed by atoms with van der Waals surface area (Å²) in [5.74, 6) is 1.16. The van der Waals surface area contributed by atoms with Crippen molar-refractivity contribution in [3.8, 4) is 22.8 Å². The largest absolute Gasteiger partial charge is 0.493 e. The van der Waals surface area contributed by atoms with E-state index in [2.05, 4.69) is 4.98 Å². The van der Waals surface area contributed by atoms with Crippen molar-refractivity contribution in [2.45, 2.75) is 16.8 Å². The first kappa shape index (κ1) is 17.0. The van der Waals surface area contributed by atoms with E-state index in [1.807, 2.05) is 6.92 Å². The van der Waals surface area contributed by atoms with E-state index in [9.17, 15) is 8.42 Å². The highest BCUT2D eigenvalue weighted by molar-refractivity contribution is 7.91. The van der Waals surface area contributed by atoms with Crippen molar-refractivity contribution in [3.63, 3.8) is 0 Å². The molecular weight excluding hydrogens is 342 g/mol. The Morgan fingerprint density at radius 1 is 0.960 bits per heavy atom. The Bertz CT molecular complexity index is 991. The third-order valence-corrected chi connectivity index (χ3v) is 5.46. The van der Waals surface area contributed by atoms with Gasteiger partial charge in [0.05, 0.1) is 19.1 Å². The van der Waals surface area contributed by atoms with Crippen molar-refractivity contribution >= 4 is 9.84 Å². The number of aromatic nitrogens is 1. The van der Waals surface area contributed by atoms with Crippen LogP contribution in [0.3, 0.4) is 0 Å². The Morgan fingerprint density at radius 2 is 1.64 bits per heavy atom. The highest BCUT2D eigenvalue weighted by Crippen LogP contribution is 2.36. The summed E-state index contributed by atoms with van der Waals surface area (Å²) in [6, 6.07) is 11.6. The van der Waals surface area contributed by atoms with E-state index in [1.54, 1.807) is 42.5 Å². The topological polar surface area (TPSA) is 78.6 Å². The second-order valence-corrected chi connectivity index (χ2v) is 7.24. The van der Waals surface area contributed by atoms with E-state index < -0.39 is 9.84 Å². The highest BCUT2D eigenvalue weighted by Gasteiger charge is 2.27. The molecule has 0 amide bonds. The molecule has 0 fully saturated rings. The van der Waals surface area contributed by atoms with Crippen LogP contribution in [0.2, 0.25) is 0 Å². The lowest BCUT2D eigenvalue weighted by atomic mass is 10.1. The summed E-state index contributed by atoms with van der Waals surface area (Å²) in [4.78, 5) is 4.10. The van der Waals surface area contributed by atoms with E-state index in [4.69, 9.17) is 13.9 Å². The van der Waals surface area contributed by atoms with Gasteiger partial charge in [-0.05, 0) is 37.3 Å². The lowest BCUT2D eigenvalue weighted by molar-refractivity contribution is 0.355. The number of hydrogen-bond donors (Lipinski definition) is 0. The minimum absolute atomic E-state index is 0.136. The summed E-state index contributed by atoms with van der Waals surface area (Å²) < 4.78 is 41.6. The molecule has 3 rings (SSSR count). The van der Waals surface area contributed by atoms with Crippen molar-refractivity contribution in [3.05, 3.63) is 54.4 Å². The molecule has 1 aromatic heterocycles. The van der Waals surface area contributed by atoms with Crippen molar-refractivity contribution < 1.29 is 22.3 Å². The Hall–Kier alpha value is -2.80. The normalized spacial score (nSPS) is 11.3. The first-order valence-corrected chi connectivity index (χ1v) is 8.93. The summed E-state index contributed by atoms with van der Waals surface area (Å²) in [6.45, 7) is 1.89.